The van der Waals surface area contributed by atoms with Crippen molar-refractivity contribution in [2.24, 2.45) is 0 Å². The number of fused-ring (bicyclic) bond motifs is 1. The summed E-state index contributed by atoms with van der Waals surface area (Å²) in [7, 11) is -3.62. The van der Waals surface area contributed by atoms with Crippen LogP contribution in [0.15, 0.2) is 48.5 Å². The molecular weight excluding hydrogens is 303 g/mol. The second kappa shape index (κ2) is 6.06. The van der Waals surface area contributed by atoms with Gasteiger partial charge in [0.05, 0.1) is 5.69 Å². The smallest absolute Gasteiger partial charge is 0.258 e. The number of benzene rings is 2. The van der Waals surface area contributed by atoms with Gasteiger partial charge in [-0.2, -0.15) is 13.1 Å². The molecule has 2 aromatic carbocycles. The summed E-state index contributed by atoms with van der Waals surface area (Å²) in [5.41, 5.74) is 2.50. The largest absolute Gasteiger partial charge is 0.301 e. The van der Waals surface area contributed by atoms with E-state index in [4.69, 9.17) is 0 Å². The first-order valence-corrected chi connectivity index (χ1v) is 8.60. The highest BCUT2D eigenvalue weighted by molar-refractivity contribution is 7.90. The predicted molar refractivity (Wildman–Crippen MR) is 84.3 cm³/mol. The topological polar surface area (TPSA) is 49.4 Å². The molecule has 0 amide bonds. The summed E-state index contributed by atoms with van der Waals surface area (Å²) in [6.07, 6.45) is 1.69. The van der Waals surface area contributed by atoms with E-state index in [1.165, 1.54) is 16.4 Å². The normalized spacial score (nSPS) is 14.7. The molecule has 0 saturated carbocycles. The molecule has 0 aliphatic carbocycles. The molecule has 6 heteroatoms. The Bertz CT molecular complexity index is 760. The van der Waals surface area contributed by atoms with Crippen molar-refractivity contribution in [2.45, 2.75) is 19.4 Å². The monoisotopic (exact) mass is 320 g/mol. The molecule has 0 bridgehead atoms. The molecule has 1 aliphatic heterocycles. The van der Waals surface area contributed by atoms with Gasteiger partial charge in [-0.15, -0.1) is 0 Å². The zero-order chi connectivity index (χ0) is 15.6. The minimum Gasteiger partial charge on any atom is -0.258 e. The van der Waals surface area contributed by atoms with Crippen molar-refractivity contribution < 1.29 is 12.8 Å². The van der Waals surface area contributed by atoms with Crippen LogP contribution in [0.5, 0.6) is 0 Å². The minimum absolute atomic E-state index is 0.140. The summed E-state index contributed by atoms with van der Waals surface area (Å²) in [6, 6.07) is 13.3. The SMILES string of the molecule is O=S(=O)(NCc1ccc(F)cc1)N1CCCc2ccccc21. The number of para-hydroxylation sites is 1. The molecule has 116 valence electrons. The van der Waals surface area contributed by atoms with Crippen molar-refractivity contribution in [3.63, 3.8) is 0 Å². The van der Waals surface area contributed by atoms with Gasteiger partial charge in [-0.3, -0.25) is 4.31 Å². The van der Waals surface area contributed by atoms with Crippen LogP contribution in [0.4, 0.5) is 10.1 Å². The number of hydrogen-bond acceptors (Lipinski definition) is 2. The Morgan fingerprint density at radius 3 is 2.59 bits per heavy atom. The van der Waals surface area contributed by atoms with Crippen LogP contribution < -0.4 is 9.03 Å². The van der Waals surface area contributed by atoms with Crippen molar-refractivity contribution in [3.05, 3.63) is 65.5 Å². The average molecular weight is 320 g/mol. The number of anilines is 1. The lowest BCUT2D eigenvalue weighted by molar-refractivity contribution is 0.571. The molecule has 1 heterocycles. The van der Waals surface area contributed by atoms with Crippen molar-refractivity contribution in [1.29, 1.82) is 0 Å². The van der Waals surface area contributed by atoms with Gasteiger partial charge in [-0.25, -0.2) is 4.39 Å². The van der Waals surface area contributed by atoms with E-state index in [0.717, 1.165) is 29.7 Å². The van der Waals surface area contributed by atoms with Gasteiger partial charge in [0, 0.05) is 13.1 Å². The first-order valence-electron chi connectivity index (χ1n) is 7.16. The fourth-order valence-electron chi connectivity index (χ4n) is 2.60. The van der Waals surface area contributed by atoms with Gasteiger partial charge in [-0.1, -0.05) is 30.3 Å². The fraction of sp³-hybridized carbons (Fsp3) is 0.250. The fourth-order valence-corrected chi connectivity index (χ4v) is 3.91. The van der Waals surface area contributed by atoms with E-state index in [-0.39, 0.29) is 12.4 Å². The number of hydrogen-bond donors (Lipinski definition) is 1. The van der Waals surface area contributed by atoms with Crippen LogP contribution in [-0.4, -0.2) is 15.0 Å². The third kappa shape index (κ3) is 3.13. The van der Waals surface area contributed by atoms with Crippen LogP contribution in [0.1, 0.15) is 17.5 Å². The lowest BCUT2D eigenvalue weighted by Gasteiger charge is -2.30. The van der Waals surface area contributed by atoms with Crippen LogP contribution in [0, 0.1) is 5.82 Å². The Balaban J connectivity index is 1.78. The molecule has 0 fully saturated rings. The summed E-state index contributed by atoms with van der Waals surface area (Å²) in [5, 5.41) is 0. The number of halogens is 1. The Morgan fingerprint density at radius 1 is 1.09 bits per heavy atom. The standard InChI is InChI=1S/C16H17FN2O2S/c17-15-9-7-13(8-10-15)12-18-22(20,21)19-11-3-5-14-4-1-2-6-16(14)19/h1-2,4,6-10,18H,3,5,11-12H2. The van der Waals surface area contributed by atoms with Crippen molar-refractivity contribution in [1.82, 2.24) is 4.72 Å². The Kier molecular flexibility index (Phi) is 4.13. The van der Waals surface area contributed by atoms with E-state index in [1.807, 2.05) is 24.3 Å². The zero-order valence-corrected chi connectivity index (χ0v) is 12.8. The van der Waals surface area contributed by atoms with Crippen molar-refractivity contribution >= 4 is 15.9 Å². The molecule has 22 heavy (non-hydrogen) atoms. The molecule has 4 nitrogen and oxygen atoms in total. The van der Waals surface area contributed by atoms with Crippen LogP contribution in [0.25, 0.3) is 0 Å². The highest BCUT2D eigenvalue weighted by Gasteiger charge is 2.26. The second-order valence-electron chi connectivity index (χ2n) is 5.26. The van der Waals surface area contributed by atoms with Crippen LogP contribution in [0.3, 0.4) is 0 Å². The first kappa shape index (κ1) is 15.0. The van der Waals surface area contributed by atoms with Crippen molar-refractivity contribution in [3.8, 4) is 0 Å². The molecule has 0 unspecified atom stereocenters. The molecule has 3 rings (SSSR count). The quantitative estimate of drug-likeness (QED) is 0.941. The second-order valence-corrected chi connectivity index (χ2v) is 6.94. The Hall–Kier alpha value is -1.92. The molecular formula is C16H17FN2O2S. The lowest BCUT2D eigenvalue weighted by Crippen LogP contribution is -2.43. The van der Waals surface area contributed by atoms with Gasteiger partial charge in [0.2, 0.25) is 0 Å². The van der Waals surface area contributed by atoms with E-state index in [0.29, 0.717) is 6.54 Å². The Labute approximate surface area is 129 Å². The number of nitrogens with zero attached hydrogens (tertiary/aromatic N) is 1. The van der Waals surface area contributed by atoms with Gasteiger partial charge in [0.15, 0.2) is 0 Å². The molecule has 2 aromatic rings. The summed E-state index contributed by atoms with van der Waals surface area (Å²) in [5.74, 6) is -0.337. The van der Waals surface area contributed by atoms with E-state index in [1.54, 1.807) is 12.1 Å². The maximum Gasteiger partial charge on any atom is 0.301 e. The molecule has 0 atom stereocenters. The highest BCUT2D eigenvalue weighted by atomic mass is 32.2. The van der Waals surface area contributed by atoms with Crippen LogP contribution in [-0.2, 0) is 23.2 Å². The zero-order valence-electron chi connectivity index (χ0n) is 12.0. The summed E-state index contributed by atoms with van der Waals surface area (Å²) in [6.45, 7) is 0.608. The van der Waals surface area contributed by atoms with E-state index in [9.17, 15) is 12.8 Å². The molecule has 0 aromatic heterocycles. The molecule has 1 aliphatic rings. The van der Waals surface area contributed by atoms with Gasteiger partial charge < -0.3 is 0 Å². The van der Waals surface area contributed by atoms with Gasteiger partial charge in [0.25, 0.3) is 0 Å². The molecule has 0 radical (unpaired) electrons. The average Bonchev–Trinajstić information content (AvgIpc) is 2.54. The number of aryl methyl sites for hydroxylation is 1. The highest BCUT2D eigenvalue weighted by Crippen LogP contribution is 2.28. The van der Waals surface area contributed by atoms with E-state index < -0.39 is 10.2 Å². The molecule has 0 spiro atoms. The van der Waals surface area contributed by atoms with Gasteiger partial charge >= 0.3 is 10.2 Å². The third-order valence-corrected chi connectivity index (χ3v) is 5.20. The summed E-state index contributed by atoms with van der Waals surface area (Å²) in [4.78, 5) is 0. The predicted octanol–water partition coefficient (Wildman–Crippen LogP) is 2.61. The van der Waals surface area contributed by atoms with Crippen molar-refractivity contribution in [2.75, 3.05) is 10.8 Å². The maximum atomic E-state index is 12.9. The van der Waals surface area contributed by atoms with Crippen LogP contribution >= 0.6 is 0 Å². The van der Waals surface area contributed by atoms with Gasteiger partial charge in [0.1, 0.15) is 5.82 Å². The van der Waals surface area contributed by atoms with Gasteiger partial charge in [-0.05, 0) is 42.2 Å². The maximum absolute atomic E-state index is 12.9. The third-order valence-electron chi connectivity index (χ3n) is 3.73. The lowest BCUT2D eigenvalue weighted by atomic mass is 10.0. The van der Waals surface area contributed by atoms with Crippen LogP contribution in [0.2, 0.25) is 0 Å². The van der Waals surface area contributed by atoms with E-state index in [2.05, 4.69) is 4.72 Å². The first-order chi connectivity index (χ1) is 10.6. The minimum atomic E-state index is -3.62. The number of rotatable bonds is 4. The Morgan fingerprint density at radius 2 is 1.82 bits per heavy atom. The summed E-state index contributed by atoms with van der Waals surface area (Å²) < 4.78 is 41.9. The molecule has 1 N–H and O–H groups in total. The molecule has 0 saturated heterocycles. The summed E-state index contributed by atoms with van der Waals surface area (Å²) >= 11 is 0. The van der Waals surface area contributed by atoms with E-state index >= 15 is 0 Å². The number of nitrogens with one attached hydrogen (secondary N) is 1.